The normalized spacial score (nSPS) is 22.8. The van der Waals surface area contributed by atoms with Gasteiger partial charge in [-0.15, -0.1) is 6.58 Å². The van der Waals surface area contributed by atoms with Crippen molar-refractivity contribution in [1.29, 1.82) is 0 Å². The highest BCUT2D eigenvalue weighted by Crippen LogP contribution is 2.23. The van der Waals surface area contributed by atoms with Gasteiger partial charge in [0.2, 0.25) is 0 Å². The van der Waals surface area contributed by atoms with Gasteiger partial charge >= 0.3 is 0 Å². The fourth-order valence-electron chi connectivity index (χ4n) is 2.35. The molecule has 0 aromatic carbocycles. The minimum absolute atomic E-state index is 0.404. The summed E-state index contributed by atoms with van der Waals surface area (Å²) >= 11 is 0. The summed E-state index contributed by atoms with van der Waals surface area (Å²) in [4.78, 5) is 11.7. The lowest BCUT2D eigenvalue weighted by molar-refractivity contribution is -0.120. The van der Waals surface area contributed by atoms with E-state index >= 15 is 0 Å². The van der Waals surface area contributed by atoms with Crippen molar-refractivity contribution < 1.29 is 4.79 Å². The fourth-order valence-corrected chi connectivity index (χ4v) is 2.35. The van der Waals surface area contributed by atoms with E-state index in [2.05, 4.69) is 18.8 Å². The van der Waals surface area contributed by atoms with Crippen molar-refractivity contribution in [2.75, 3.05) is 13.1 Å². The average molecular weight is 223 g/mol. The molecule has 0 amide bonds. The Morgan fingerprint density at radius 3 is 2.81 bits per heavy atom. The number of nitrogens with one attached hydrogen (secondary N) is 1. The van der Waals surface area contributed by atoms with E-state index in [0.29, 0.717) is 24.0 Å². The van der Waals surface area contributed by atoms with E-state index in [-0.39, 0.29) is 0 Å². The Balaban J connectivity index is 2.23. The molecule has 1 N–H and O–H groups in total. The maximum Gasteiger partial charge on any atom is 0.133 e. The summed E-state index contributed by atoms with van der Waals surface area (Å²) in [5, 5.41) is 3.41. The molecule has 0 bridgehead atoms. The van der Waals surface area contributed by atoms with E-state index in [9.17, 15) is 4.79 Å². The van der Waals surface area contributed by atoms with E-state index in [1.165, 1.54) is 12.8 Å². The topological polar surface area (TPSA) is 29.1 Å². The first-order valence-electron chi connectivity index (χ1n) is 6.46. The average Bonchev–Trinajstić information content (AvgIpc) is 2.27. The van der Waals surface area contributed by atoms with Crippen LogP contribution in [0, 0.1) is 11.8 Å². The second-order valence-electron chi connectivity index (χ2n) is 5.28. The van der Waals surface area contributed by atoms with Gasteiger partial charge in [-0.25, -0.2) is 0 Å². The van der Waals surface area contributed by atoms with E-state index < -0.39 is 0 Å². The molecule has 0 aromatic rings. The molecule has 2 unspecified atom stereocenters. The first kappa shape index (κ1) is 13.4. The minimum Gasteiger partial charge on any atom is -0.316 e. The molecule has 1 fully saturated rings. The molecule has 1 heterocycles. The Labute approximate surface area is 99.5 Å². The zero-order valence-corrected chi connectivity index (χ0v) is 10.7. The van der Waals surface area contributed by atoms with Crippen LogP contribution in [0.5, 0.6) is 0 Å². The summed E-state index contributed by atoms with van der Waals surface area (Å²) in [6.07, 6.45) is 4.82. The zero-order valence-electron chi connectivity index (χ0n) is 10.7. The molecule has 2 nitrogen and oxygen atoms in total. The molecule has 1 aliphatic rings. The molecule has 0 aliphatic carbocycles. The summed E-state index contributed by atoms with van der Waals surface area (Å²) in [7, 11) is 0. The third-order valence-corrected chi connectivity index (χ3v) is 3.52. The summed E-state index contributed by atoms with van der Waals surface area (Å²) in [5.41, 5.74) is 1.11. The van der Waals surface area contributed by atoms with Gasteiger partial charge in [-0.2, -0.15) is 0 Å². The van der Waals surface area contributed by atoms with Gasteiger partial charge in [-0.1, -0.05) is 12.5 Å². The Morgan fingerprint density at radius 1 is 1.50 bits per heavy atom. The van der Waals surface area contributed by atoms with Crippen LogP contribution in [0.4, 0.5) is 0 Å². The van der Waals surface area contributed by atoms with Crippen LogP contribution in [0.2, 0.25) is 0 Å². The van der Waals surface area contributed by atoms with Gasteiger partial charge in [0.25, 0.3) is 0 Å². The summed E-state index contributed by atoms with van der Waals surface area (Å²) in [6.45, 7) is 10.3. The van der Waals surface area contributed by atoms with Gasteiger partial charge in [0.1, 0.15) is 5.78 Å². The van der Waals surface area contributed by atoms with Crippen LogP contribution < -0.4 is 5.32 Å². The van der Waals surface area contributed by atoms with Crippen LogP contribution in [0.1, 0.15) is 46.0 Å². The highest BCUT2D eigenvalue weighted by atomic mass is 16.1. The third kappa shape index (κ3) is 4.93. The minimum atomic E-state index is 0.404. The van der Waals surface area contributed by atoms with Gasteiger partial charge < -0.3 is 5.32 Å². The van der Waals surface area contributed by atoms with Crippen molar-refractivity contribution in [2.24, 2.45) is 11.8 Å². The lowest BCUT2D eigenvalue weighted by atomic mass is 9.84. The van der Waals surface area contributed by atoms with Crippen LogP contribution in [-0.2, 0) is 4.79 Å². The number of allylic oxidation sites excluding steroid dienone is 1. The lowest BCUT2D eigenvalue weighted by Crippen LogP contribution is -2.33. The number of piperidine rings is 1. The predicted molar refractivity (Wildman–Crippen MR) is 68.4 cm³/mol. The highest BCUT2D eigenvalue weighted by molar-refractivity contribution is 5.78. The van der Waals surface area contributed by atoms with Crippen LogP contribution >= 0.6 is 0 Å². The molecular formula is C14H25NO. The SMILES string of the molecule is C=C(C)CCC(=O)CC(C)C1CCCNC1. The van der Waals surface area contributed by atoms with Crippen molar-refractivity contribution in [2.45, 2.75) is 46.0 Å². The molecule has 0 aromatic heterocycles. The van der Waals surface area contributed by atoms with E-state index in [0.717, 1.165) is 31.5 Å². The number of hydrogen-bond donors (Lipinski definition) is 1. The van der Waals surface area contributed by atoms with Crippen LogP contribution in [0.25, 0.3) is 0 Å². The Bertz CT molecular complexity index is 241. The maximum atomic E-state index is 11.7. The summed E-state index contributed by atoms with van der Waals surface area (Å²) in [5.74, 6) is 1.63. The molecule has 0 spiro atoms. The standard InChI is InChI=1S/C14H25NO/c1-11(2)6-7-14(16)9-12(3)13-5-4-8-15-10-13/h12-13,15H,1,4-10H2,2-3H3. The van der Waals surface area contributed by atoms with Crippen molar-refractivity contribution in [1.82, 2.24) is 5.32 Å². The first-order valence-corrected chi connectivity index (χ1v) is 6.46. The molecule has 2 atom stereocenters. The number of carbonyl (C=O) groups excluding carboxylic acids is 1. The molecule has 0 saturated carbocycles. The van der Waals surface area contributed by atoms with E-state index in [4.69, 9.17) is 0 Å². The number of hydrogen-bond acceptors (Lipinski definition) is 2. The maximum absolute atomic E-state index is 11.7. The summed E-state index contributed by atoms with van der Waals surface area (Å²) < 4.78 is 0. The van der Waals surface area contributed by atoms with Crippen molar-refractivity contribution in [3.05, 3.63) is 12.2 Å². The van der Waals surface area contributed by atoms with Crippen molar-refractivity contribution in [3.63, 3.8) is 0 Å². The Kier molecular flexibility index (Phi) is 5.75. The predicted octanol–water partition coefficient (Wildman–Crippen LogP) is 2.94. The van der Waals surface area contributed by atoms with Gasteiger partial charge in [0.15, 0.2) is 0 Å². The highest BCUT2D eigenvalue weighted by Gasteiger charge is 2.21. The molecule has 16 heavy (non-hydrogen) atoms. The monoisotopic (exact) mass is 223 g/mol. The van der Waals surface area contributed by atoms with Crippen LogP contribution in [0.15, 0.2) is 12.2 Å². The Hall–Kier alpha value is -0.630. The van der Waals surface area contributed by atoms with Crippen molar-refractivity contribution in [3.8, 4) is 0 Å². The quantitative estimate of drug-likeness (QED) is 0.701. The van der Waals surface area contributed by atoms with Gasteiger partial charge in [-0.05, 0) is 51.1 Å². The molecule has 1 rings (SSSR count). The number of rotatable bonds is 6. The van der Waals surface area contributed by atoms with Crippen LogP contribution in [0.3, 0.4) is 0 Å². The largest absolute Gasteiger partial charge is 0.316 e. The molecule has 1 aliphatic heterocycles. The smallest absolute Gasteiger partial charge is 0.133 e. The fraction of sp³-hybridized carbons (Fsp3) is 0.786. The van der Waals surface area contributed by atoms with Gasteiger partial charge in [-0.3, -0.25) is 4.79 Å². The van der Waals surface area contributed by atoms with Gasteiger partial charge in [0, 0.05) is 12.8 Å². The first-order chi connectivity index (χ1) is 7.59. The molecule has 0 radical (unpaired) electrons. The lowest BCUT2D eigenvalue weighted by Gasteiger charge is -2.28. The molecule has 2 heteroatoms. The molecular weight excluding hydrogens is 198 g/mol. The third-order valence-electron chi connectivity index (χ3n) is 3.52. The second kappa shape index (κ2) is 6.85. The molecule has 1 saturated heterocycles. The number of carbonyl (C=O) groups is 1. The number of Topliss-reactive ketones (excluding diaryl/α,β-unsaturated/α-hetero) is 1. The van der Waals surface area contributed by atoms with Crippen LogP contribution in [-0.4, -0.2) is 18.9 Å². The molecule has 92 valence electrons. The van der Waals surface area contributed by atoms with Crippen molar-refractivity contribution >= 4 is 5.78 Å². The number of ketones is 1. The van der Waals surface area contributed by atoms with Gasteiger partial charge in [0.05, 0.1) is 0 Å². The zero-order chi connectivity index (χ0) is 12.0. The Morgan fingerprint density at radius 2 is 2.25 bits per heavy atom. The second-order valence-corrected chi connectivity index (χ2v) is 5.28. The van der Waals surface area contributed by atoms with E-state index in [1.54, 1.807) is 0 Å². The summed E-state index contributed by atoms with van der Waals surface area (Å²) in [6, 6.07) is 0. The van der Waals surface area contributed by atoms with E-state index in [1.807, 2.05) is 6.92 Å².